The fraction of sp³-hybridized carbons (Fsp3) is 0.917. The predicted octanol–water partition coefficient (Wildman–Crippen LogP) is 1.28. The van der Waals surface area contributed by atoms with E-state index in [-0.39, 0.29) is 12.2 Å². The van der Waals surface area contributed by atoms with Crippen molar-refractivity contribution in [2.45, 2.75) is 45.3 Å². The number of piperidine rings is 1. The van der Waals surface area contributed by atoms with Gasteiger partial charge in [0.05, 0.1) is 12.7 Å². The van der Waals surface area contributed by atoms with Crippen LogP contribution in [-0.2, 0) is 9.47 Å². The molecule has 0 bridgehead atoms. The molecule has 1 aliphatic heterocycles. The van der Waals surface area contributed by atoms with Gasteiger partial charge in [0, 0.05) is 13.1 Å². The molecule has 1 heterocycles. The summed E-state index contributed by atoms with van der Waals surface area (Å²) in [6.45, 7) is 8.55. The molecule has 1 rings (SSSR count). The Labute approximate surface area is 103 Å². The molecule has 1 fully saturated rings. The molecular formula is C12H24N2O3. The van der Waals surface area contributed by atoms with E-state index in [2.05, 4.69) is 10.6 Å². The van der Waals surface area contributed by atoms with Crippen molar-refractivity contribution in [2.75, 3.05) is 26.2 Å². The first kappa shape index (κ1) is 14.3. The summed E-state index contributed by atoms with van der Waals surface area (Å²) in [6.07, 6.45) is 2.15. The van der Waals surface area contributed by atoms with Gasteiger partial charge < -0.3 is 20.1 Å². The largest absolute Gasteiger partial charge is 0.444 e. The monoisotopic (exact) mass is 244 g/mol. The lowest BCUT2D eigenvalue weighted by atomic mass is 10.1. The molecule has 0 saturated carbocycles. The van der Waals surface area contributed by atoms with Crippen molar-refractivity contribution >= 4 is 6.09 Å². The Balaban J connectivity index is 2.01. The fourth-order valence-corrected chi connectivity index (χ4v) is 1.65. The highest BCUT2D eigenvalue weighted by Gasteiger charge is 2.16. The van der Waals surface area contributed by atoms with Crippen molar-refractivity contribution in [1.82, 2.24) is 10.6 Å². The maximum atomic E-state index is 11.3. The molecule has 0 aromatic heterocycles. The zero-order chi connectivity index (χ0) is 12.7. The summed E-state index contributed by atoms with van der Waals surface area (Å²) in [4.78, 5) is 11.3. The topological polar surface area (TPSA) is 59.6 Å². The standard InChI is InChI=1S/C12H24N2O3/c1-12(2,3)17-11(15)14-7-8-16-10-5-4-6-13-9-10/h10,13H,4-9H2,1-3H3,(H,14,15)/t10-/m1/s1. The van der Waals surface area contributed by atoms with E-state index in [1.807, 2.05) is 20.8 Å². The first-order valence-electron chi connectivity index (χ1n) is 6.26. The van der Waals surface area contributed by atoms with Crippen LogP contribution >= 0.6 is 0 Å². The Morgan fingerprint density at radius 3 is 2.82 bits per heavy atom. The van der Waals surface area contributed by atoms with Crippen LogP contribution in [0, 0.1) is 0 Å². The summed E-state index contributed by atoms with van der Waals surface area (Å²) in [5, 5.41) is 5.95. The van der Waals surface area contributed by atoms with Crippen molar-refractivity contribution in [3.8, 4) is 0 Å². The van der Waals surface area contributed by atoms with Gasteiger partial charge in [-0.25, -0.2) is 4.79 Å². The van der Waals surface area contributed by atoms with Gasteiger partial charge >= 0.3 is 6.09 Å². The molecule has 17 heavy (non-hydrogen) atoms. The van der Waals surface area contributed by atoms with Gasteiger partial charge in [-0.15, -0.1) is 0 Å². The van der Waals surface area contributed by atoms with E-state index in [4.69, 9.17) is 9.47 Å². The molecule has 100 valence electrons. The van der Waals surface area contributed by atoms with Crippen LogP contribution in [0.4, 0.5) is 4.79 Å². The molecule has 0 radical (unpaired) electrons. The van der Waals surface area contributed by atoms with Crippen LogP contribution in [0.1, 0.15) is 33.6 Å². The SMILES string of the molecule is CC(C)(C)OC(=O)NCCO[C@@H]1CCCNC1. The van der Waals surface area contributed by atoms with E-state index in [1.54, 1.807) is 0 Å². The molecule has 0 aromatic rings. The molecule has 0 aliphatic carbocycles. The van der Waals surface area contributed by atoms with Crippen molar-refractivity contribution in [1.29, 1.82) is 0 Å². The van der Waals surface area contributed by atoms with Gasteiger partial charge in [-0.3, -0.25) is 0 Å². The molecule has 2 N–H and O–H groups in total. The molecule has 5 heteroatoms. The molecule has 1 aliphatic rings. The lowest BCUT2D eigenvalue weighted by molar-refractivity contribution is 0.0306. The minimum Gasteiger partial charge on any atom is -0.444 e. The summed E-state index contributed by atoms with van der Waals surface area (Å²) in [7, 11) is 0. The molecule has 5 nitrogen and oxygen atoms in total. The molecule has 0 spiro atoms. The Morgan fingerprint density at radius 1 is 1.47 bits per heavy atom. The van der Waals surface area contributed by atoms with Gasteiger partial charge in [0.25, 0.3) is 0 Å². The van der Waals surface area contributed by atoms with Crippen LogP contribution in [0.2, 0.25) is 0 Å². The lowest BCUT2D eigenvalue weighted by Crippen LogP contribution is -2.38. The number of hydrogen-bond acceptors (Lipinski definition) is 4. The van der Waals surface area contributed by atoms with Crippen LogP contribution < -0.4 is 10.6 Å². The van der Waals surface area contributed by atoms with Crippen LogP contribution in [0.15, 0.2) is 0 Å². The maximum Gasteiger partial charge on any atom is 0.407 e. The number of rotatable bonds is 4. The summed E-state index contributed by atoms with van der Waals surface area (Å²) < 4.78 is 10.7. The van der Waals surface area contributed by atoms with E-state index in [1.165, 1.54) is 0 Å². The zero-order valence-electron chi connectivity index (χ0n) is 11.0. The van der Waals surface area contributed by atoms with E-state index in [0.717, 1.165) is 25.9 Å². The normalized spacial score (nSPS) is 21.0. The van der Waals surface area contributed by atoms with E-state index in [9.17, 15) is 4.79 Å². The summed E-state index contributed by atoms with van der Waals surface area (Å²) >= 11 is 0. The second-order valence-corrected chi connectivity index (χ2v) is 5.27. The number of carbonyl (C=O) groups is 1. The van der Waals surface area contributed by atoms with Crippen molar-refractivity contribution in [3.63, 3.8) is 0 Å². The average Bonchev–Trinajstić information content (AvgIpc) is 2.23. The summed E-state index contributed by atoms with van der Waals surface area (Å²) in [5.74, 6) is 0. The van der Waals surface area contributed by atoms with Gasteiger partial charge in [0.1, 0.15) is 5.60 Å². The first-order chi connectivity index (χ1) is 7.97. The number of carbonyl (C=O) groups excluding carboxylic acids is 1. The third-order valence-corrected chi connectivity index (χ3v) is 2.38. The molecule has 0 aromatic carbocycles. The first-order valence-corrected chi connectivity index (χ1v) is 6.26. The molecule has 1 amide bonds. The molecule has 1 saturated heterocycles. The van der Waals surface area contributed by atoms with Crippen molar-refractivity contribution < 1.29 is 14.3 Å². The van der Waals surface area contributed by atoms with Crippen molar-refractivity contribution in [2.24, 2.45) is 0 Å². The zero-order valence-corrected chi connectivity index (χ0v) is 11.0. The Bertz CT molecular complexity index is 232. The third-order valence-electron chi connectivity index (χ3n) is 2.38. The summed E-state index contributed by atoms with van der Waals surface area (Å²) in [6, 6.07) is 0. The van der Waals surface area contributed by atoms with Gasteiger partial charge in [-0.1, -0.05) is 0 Å². The minimum absolute atomic E-state index is 0.282. The molecular weight excluding hydrogens is 220 g/mol. The predicted molar refractivity (Wildman–Crippen MR) is 66.1 cm³/mol. The summed E-state index contributed by atoms with van der Waals surface area (Å²) in [5.41, 5.74) is -0.446. The quantitative estimate of drug-likeness (QED) is 0.731. The van der Waals surface area contributed by atoms with Crippen LogP contribution in [0.25, 0.3) is 0 Å². The Morgan fingerprint density at radius 2 is 2.24 bits per heavy atom. The number of alkyl carbamates (subject to hydrolysis) is 1. The van der Waals surface area contributed by atoms with Crippen LogP contribution in [-0.4, -0.2) is 44.0 Å². The number of amides is 1. The van der Waals surface area contributed by atoms with E-state index < -0.39 is 5.60 Å². The van der Waals surface area contributed by atoms with E-state index >= 15 is 0 Å². The third kappa shape index (κ3) is 7.18. The van der Waals surface area contributed by atoms with Crippen molar-refractivity contribution in [3.05, 3.63) is 0 Å². The minimum atomic E-state index is -0.446. The molecule has 1 atom stereocenters. The average molecular weight is 244 g/mol. The van der Waals surface area contributed by atoms with Gasteiger partial charge in [-0.05, 0) is 40.2 Å². The smallest absolute Gasteiger partial charge is 0.407 e. The Kier molecular flexibility index (Phi) is 5.71. The second-order valence-electron chi connectivity index (χ2n) is 5.27. The van der Waals surface area contributed by atoms with Gasteiger partial charge in [0.15, 0.2) is 0 Å². The second kappa shape index (κ2) is 6.81. The van der Waals surface area contributed by atoms with Crippen LogP contribution in [0.5, 0.6) is 0 Å². The number of ether oxygens (including phenoxy) is 2. The lowest BCUT2D eigenvalue weighted by Gasteiger charge is -2.23. The Hall–Kier alpha value is -0.810. The highest BCUT2D eigenvalue weighted by molar-refractivity contribution is 5.67. The van der Waals surface area contributed by atoms with Gasteiger partial charge in [-0.2, -0.15) is 0 Å². The fourth-order valence-electron chi connectivity index (χ4n) is 1.65. The van der Waals surface area contributed by atoms with E-state index in [0.29, 0.717) is 13.2 Å². The van der Waals surface area contributed by atoms with Crippen LogP contribution in [0.3, 0.4) is 0 Å². The van der Waals surface area contributed by atoms with Gasteiger partial charge in [0.2, 0.25) is 0 Å². The number of nitrogens with one attached hydrogen (secondary N) is 2. The number of hydrogen-bond donors (Lipinski definition) is 2. The molecule has 0 unspecified atom stereocenters. The highest BCUT2D eigenvalue weighted by atomic mass is 16.6. The maximum absolute atomic E-state index is 11.3. The highest BCUT2D eigenvalue weighted by Crippen LogP contribution is 2.07.